The van der Waals surface area contributed by atoms with Gasteiger partial charge >= 0.3 is 19.8 Å². The summed E-state index contributed by atoms with van der Waals surface area (Å²) in [5.74, 6) is 0. The Kier molecular flexibility index (Phi) is 4.31. The third kappa shape index (κ3) is 3.94. The van der Waals surface area contributed by atoms with E-state index in [1.54, 1.807) is 6.92 Å². The van der Waals surface area contributed by atoms with Gasteiger partial charge in [0.1, 0.15) is 0 Å². The number of halogens is 6. The van der Waals surface area contributed by atoms with Crippen molar-refractivity contribution >= 4 is 12.9 Å². The molecule has 0 aliphatic rings. The van der Waals surface area contributed by atoms with Crippen LogP contribution in [0.4, 0.5) is 26.3 Å². The van der Waals surface area contributed by atoms with Crippen LogP contribution < -0.4 is 5.46 Å². The van der Waals surface area contributed by atoms with Gasteiger partial charge in [0.15, 0.2) is 0 Å². The zero-order chi connectivity index (χ0) is 14.0. The monoisotopic (exact) mass is 269 g/mol. The van der Waals surface area contributed by atoms with Crippen LogP contribution in [0, 0.1) is 0 Å². The van der Waals surface area contributed by atoms with Gasteiger partial charge in [-0.15, -0.1) is 0 Å². The Morgan fingerprint density at radius 3 is 1.72 bits per heavy atom. The topological polar surface area (TPSA) is 9.23 Å². The summed E-state index contributed by atoms with van der Waals surface area (Å²) < 4.78 is 79.3. The maximum atomic E-state index is 12.4. The Morgan fingerprint density at radius 2 is 1.39 bits per heavy atom. The summed E-state index contributed by atoms with van der Waals surface area (Å²) in [6.45, 7) is 1.71. The highest BCUT2D eigenvalue weighted by molar-refractivity contribution is 6.47. The molecule has 0 fully saturated rings. The van der Waals surface area contributed by atoms with Crippen LogP contribution in [0.2, 0.25) is 0 Å². The summed E-state index contributed by atoms with van der Waals surface area (Å²) in [6.07, 6.45) is -9.67. The van der Waals surface area contributed by atoms with E-state index in [2.05, 4.69) is 0 Å². The van der Waals surface area contributed by atoms with Crippen LogP contribution in [-0.4, -0.2) is 14.1 Å². The molecule has 8 heteroatoms. The Hall–Kier alpha value is -1.18. The zero-order valence-corrected chi connectivity index (χ0v) is 9.19. The molecule has 0 amide bonds. The average molecular weight is 269 g/mol. The van der Waals surface area contributed by atoms with Gasteiger partial charge in [-0.2, -0.15) is 26.3 Å². The highest BCUT2D eigenvalue weighted by atomic mass is 19.4. The molecule has 18 heavy (non-hydrogen) atoms. The third-order valence-corrected chi connectivity index (χ3v) is 2.00. The van der Waals surface area contributed by atoms with E-state index in [9.17, 15) is 26.3 Å². The number of hydrogen-bond acceptors (Lipinski definition) is 1. The third-order valence-electron chi connectivity index (χ3n) is 2.00. The van der Waals surface area contributed by atoms with Crippen LogP contribution in [0.3, 0.4) is 0 Å². The second-order valence-corrected chi connectivity index (χ2v) is 3.41. The van der Waals surface area contributed by atoms with Gasteiger partial charge in [-0.25, -0.2) is 0 Å². The van der Waals surface area contributed by atoms with Crippen molar-refractivity contribution in [1.29, 1.82) is 0 Å². The normalized spacial score (nSPS) is 12.6. The second-order valence-electron chi connectivity index (χ2n) is 3.41. The smallest absolute Gasteiger partial charge is 0.416 e. The Bertz CT molecular complexity index is 380. The van der Waals surface area contributed by atoms with Crippen LogP contribution in [-0.2, 0) is 17.0 Å². The van der Waals surface area contributed by atoms with Crippen LogP contribution in [0.5, 0.6) is 0 Å². The summed E-state index contributed by atoms with van der Waals surface area (Å²) >= 11 is 0. The molecule has 0 spiro atoms. The van der Waals surface area contributed by atoms with Crippen molar-refractivity contribution in [2.75, 3.05) is 6.61 Å². The van der Waals surface area contributed by atoms with E-state index in [0.29, 0.717) is 12.1 Å². The van der Waals surface area contributed by atoms with Crippen LogP contribution >= 0.6 is 0 Å². The van der Waals surface area contributed by atoms with Crippen LogP contribution in [0.1, 0.15) is 18.1 Å². The van der Waals surface area contributed by atoms with Crippen molar-refractivity contribution in [2.45, 2.75) is 19.3 Å². The SMILES string of the molecule is CCO[B]c1cc(C(F)(F)F)cc(C(F)(F)F)c1. The fourth-order valence-electron chi connectivity index (χ4n) is 1.23. The summed E-state index contributed by atoms with van der Waals surface area (Å²) in [5.41, 5.74) is -2.99. The molecular weight excluding hydrogens is 261 g/mol. The Balaban J connectivity index is 3.21. The maximum absolute atomic E-state index is 12.4. The van der Waals surface area contributed by atoms with Crippen molar-refractivity contribution < 1.29 is 31.0 Å². The predicted molar refractivity (Wildman–Crippen MR) is 53.5 cm³/mol. The molecule has 0 heterocycles. The molecular formula is C10H8BF6O. The molecule has 1 aromatic carbocycles. The molecule has 0 aliphatic heterocycles. The molecule has 0 N–H and O–H groups in total. The lowest BCUT2D eigenvalue weighted by molar-refractivity contribution is -0.142. The van der Waals surface area contributed by atoms with E-state index in [0.717, 1.165) is 7.48 Å². The number of benzene rings is 1. The Labute approximate surface area is 100 Å². The standard InChI is InChI=1S/C10H8BF6O/c1-2-18-11-8-4-6(9(12,13)14)3-7(5-8)10(15,16)17/h3-5H,2H2,1H3. The van der Waals surface area contributed by atoms with Crippen molar-refractivity contribution in [2.24, 2.45) is 0 Å². The predicted octanol–water partition coefficient (Wildman–Crippen LogP) is 3.01. The van der Waals surface area contributed by atoms with Gasteiger partial charge in [0.05, 0.1) is 11.1 Å². The summed E-state index contributed by atoms with van der Waals surface area (Å²) in [7, 11) is 0.866. The van der Waals surface area contributed by atoms with Crippen molar-refractivity contribution in [1.82, 2.24) is 0 Å². The van der Waals surface area contributed by atoms with Gasteiger partial charge in [0.2, 0.25) is 0 Å². The van der Waals surface area contributed by atoms with E-state index in [1.807, 2.05) is 0 Å². The summed E-state index contributed by atoms with van der Waals surface area (Å²) in [5, 5.41) is 0. The quantitative estimate of drug-likeness (QED) is 0.605. The van der Waals surface area contributed by atoms with Gasteiger partial charge in [-0.3, -0.25) is 0 Å². The first kappa shape index (κ1) is 14.9. The van der Waals surface area contributed by atoms with Crippen molar-refractivity contribution in [3.8, 4) is 0 Å². The number of alkyl halides is 6. The number of hydrogen-bond donors (Lipinski definition) is 0. The van der Waals surface area contributed by atoms with Crippen molar-refractivity contribution in [3.05, 3.63) is 29.3 Å². The number of rotatable bonds is 3. The lowest BCUT2D eigenvalue weighted by Gasteiger charge is -2.13. The maximum Gasteiger partial charge on any atom is 0.416 e. The minimum absolute atomic E-state index is 0.0727. The minimum atomic E-state index is -4.84. The summed E-state index contributed by atoms with van der Waals surface area (Å²) in [6, 6.07) is 1.28. The molecule has 1 aromatic rings. The van der Waals surface area contributed by atoms with Gasteiger partial charge < -0.3 is 4.65 Å². The Morgan fingerprint density at radius 1 is 0.944 bits per heavy atom. The van der Waals surface area contributed by atoms with E-state index < -0.39 is 23.5 Å². The zero-order valence-electron chi connectivity index (χ0n) is 9.19. The highest BCUT2D eigenvalue weighted by Crippen LogP contribution is 2.34. The lowest BCUT2D eigenvalue weighted by Crippen LogP contribution is -2.23. The van der Waals surface area contributed by atoms with E-state index in [-0.39, 0.29) is 18.1 Å². The first-order valence-corrected chi connectivity index (χ1v) is 4.89. The van der Waals surface area contributed by atoms with Gasteiger partial charge in [-0.1, -0.05) is 17.6 Å². The molecule has 0 unspecified atom stereocenters. The van der Waals surface area contributed by atoms with E-state index >= 15 is 0 Å². The molecule has 99 valence electrons. The molecule has 1 radical (unpaired) electrons. The minimum Gasteiger partial charge on any atom is -0.434 e. The highest BCUT2D eigenvalue weighted by Gasteiger charge is 2.36. The summed E-state index contributed by atoms with van der Waals surface area (Å²) in [4.78, 5) is 0. The molecule has 0 bridgehead atoms. The fraction of sp³-hybridized carbons (Fsp3) is 0.400. The lowest BCUT2D eigenvalue weighted by atomic mass is 9.85. The molecule has 0 aromatic heterocycles. The average Bonchev–Trinajstić information content (AvgIpc) is 2.23. The van der Waals surface area contributed by atoms with Gasteiger partial charge in [-0.05, 0) is 13.0 Å². The van der Waals surface area contributed by atoms with E-state index in [1.165, 1.54) is 0 Å². The molecule has 0 atom stereocenters. The van der Waals surface area contributed by atoms with E-state index in [4.69, 9.17) is 4.65 Å². The molecule has 1 nitrogen and oxygen atoms in total. The molecule has 0 saturated heterocycles. The fourth-order valence-corrected chi connectivity index (χ4v) is 1.23. The largest absolute Gasteiger partial charge is 0.434 e. The second kappa shape index (κ2) is 5.21. The van der Waals surface area contributed by atoms with Crippen LogP contribution in [0.15, 0.2) is 18.2 Å². The van der Waals surface area contributed by atoms with Crippen LogP contribution in [0.25, 0.3) is 0 Å². The van der Waals surface area contributed by atoms with Gasteiger partial charge in [0, 0.05) is 6.61 Å². The molecule has 1 rings (SSSR count). The van der Waals surface area contributed by atoms with Gasteiger partial charge in [0.25, 0.3) is 0 Å². The molecule has 0 aliphatic carbocycles. The molecule has 0 saturated carbocycles. The first-order valence-electron chi connectivity index (χ1n) is 4.89. The van der Waals surface area contributed by atoms with Crippen molar-refractivity contribution in [3.63, 3.8) is 0 Å². The first-order chi connectivity index (χ1) is 8.14.